The maximum Gasteiger partial charge on any atom is 0.335 e. The highest BCUT2D eigenvalue weighted by Crippen LogP contribution is 2.35. The van der Waals surface area contributed by atoms with Crippen LogP contribution in [0.25, 0.3) is 6.08 Å². The van der Waals surface area contributed by atoms with E-state index in [1.165, 1.54) is 6.08 Å². The van der Waals surface area contributed by atoms with E-state index in [2.05, 4.69) is 58.4 Å². The van der Waals surface area contributed by atoms with E-state index in [0.717, 1.165) is 20.5 Å². The number of ether oxygens (including phenoxy) is 1. The van der Waals surface area contributed by atoms with Gasteiger partial charge in [-0.3, -0.25) is 19.7 Å². The number of aryl methyl sites for hydroxylation is 2. The SMILES string of the molecule is Cc1ccc(C)c(NC(=O)COc2c(Br)cc(Br)cc2/C=C2\C(=O)NC(=O)N(c3ccc(Br)cc3)C2=O)c1. The summed E-state index contributed by atoms with van der Waals surface area (Å²) in [7, 11) is 0. The minimum atomic E-state index is -0.852. The molecular formula is C27H20Br3N3O5. The first-order chi connectivity index (χ1) is 18.0. The molecule has 1 saturated heterocycles. The molecule has 2 N–H and O–H groups in total. The fourth-order valence-corrected chi connectivity index (χ4v) is 5.31. The van der Waals surface area contributed by atoms with Crippen molar-refractivity contribution in [3.8, 4) is 5.75 Å². The summed E-state index contributed by atoms with van der Waals surface area (Å²) in [5, 5.41) is 5.03. The standard InChI is InChI=1S/C27H20Br3N3O5/c1-14-3-4-15(2)22(9-14)31-23(34)13-38-24-16(10-18(29)12-21(24)30)11-20-25(35)32-27(37)33(26(20)36)19-7-5-17(28)6-8-19/h3-12H,13H2,1-2H3,(H,31,34)(H,32,35,37)/b20-11+. The number of anilines is 2. The van der Waals surface area contributed by atoms with Gasteiger partial charge < -0.3 is 10.1 Å². The Bertz CT molecular complexity index is 1500. The van der Waals surface area contributed by atoms with Gasteiger partial charge in [0.05, 0.1) is 10.2 Å². The van der Waals surface area contributed by atoms with Gasteiger partial charge in [0.1, 0.15) is 11.3 Å². The largest absolute Gasteiger partial charge is 0.482 e. The van der Waals surface area contributed by atoms with Crippen molar-refractivity contribution in [3.05, 3.63) is 90.3 Å². The number of hydrogen-bond donors (Lipinski definition) is 2. The van der Waals surface area contributed by atoms with Crippen LogP contribution < -0.4 is 20.3 Å². The fourth-order valence-electron chi connectivity index (χ4n) is 3.67. The van der Waals surface area contributed by atoms with Gasteiger partial charge in [0.15, 0.2) is 6.61 Å². The molecule has 0 saturated carbocycles. The fraction of sp³-hybridized carbons (Fsp3) is 0.111. The number of urea groups is 1. The Morgan fingerprint density at radius 2 is 1.68 bits per heavy atom. The number of nitrogens with one attached hydrogen (secondary N) is 2. The van der Waals surface area contributed by atoms with Gasteiger partial charge in [0.25, 0.3) is 17.7 Å². The lowest BCUT2D eigenvalue weighted by molar-refractivity contribution is -0.122. The second-order valence-electron chi connectivity index (χ2n) is 8.40. The summed E-state index contributed by atoms with van der Waals surface area (Å²) in [4.78, 5) is 52.0. The van der Waals surface area contributed by atoms with Crippen LogP contribution in [0.5, 0.6) is 5.75 Å². The van der Waals surface area contributed by atoms with Crippen LogP contribution in [-0.4, -0.2) is 30.4 Å². The molecule has 0 unspecified atom stereocenters. The number of imide groups is 2. The van der Waals surface area contributed by atoms with E-state index in [9.17, 15) is 19.2 Å². The van der Waals surface area contributed by atoms with E-state index in [1.807, 2.05) is 32.0 Å². The summed E-state index contributed by atoms with van der Waals surface area (Å²) in [5.41, 5.74) is 2.95. The van der Waals surface area contributed by atoms with E-state index in [-0.39, 0.29) is 23.8 Å². The second kappa shape index (κ2) is 11.6. The molecule has 0 atom stereocenters. The van der Waals surface area contributed by atoms with Crippen LogP contribution in [0, 0.1) is 13.8 Å². The zero-order valence-corrected chi connectivity index (χ0v) is 24.9. The first-order valence-electron chi connectivity index (χ1n) is 11.2. The molecular weight excluding hydrogens is 686 g/mol. The summed E-state index contributed by atoms with van der Waals surface area (Å²) in [5.74, 6) is -1.78. The van der Waals surface area contributed by atoms with Crippen molar-refractivity contribution in [1.29, 1.82) is 0 Å². The average Bonchev–Trinajstić information content (AvgIpc) is 2.84. The van der Waals surface area contributed by atoms with Crippen LogP contribution in [-0.2, 0) is 14.4 Å². The van der Waals surface area contributed by atoms with Gasteiger partial charge in [-0.1, -0.05) is 44.0 Å². The lowest BCUT2D eigenvalue weighted by Crippen LogP contribution is -2.54. The molecule has 0 aliphatic carbocycles. The van der Waals surface area contributed by atoms with Crippen molar-refractivity contribution in [2.24, 2.45) is 0 Å². The summed E-state index contributed by atoms with van der Waals surface area (Å²) >= 11 is 10.1. The molecule has 0 radical (unpaired) electrons. The quantitative estimate of drug-likeness (QED) is 0.232. The van der Waals surface area contributed by atoms with Gasteiger partial charge in [-0.05, 0) is 89.4 Å². The van der Waals surface area contributed by atoms with E-state index in [1.54, 1.807) is 36.4 Å². The van der Waals surface area contributed by atoms with Crippen LogP contribution in [0.2, 0.25) is 0 Å². The van der Waals surface area contributed by atoms with Gasteiger partial charge in [-0.15, -0.1) is 0 Å². The normalized spacial score (nSPS) is 14.5. The van der Waals surface area contributed by atoms with Crippen molar-refractivity contribution in [1.82, 2.24) is 5.32 Å². The highest BCUT2D eigenvalue weighted by molar-refractivity contribution is 9.11. The Hall–Kier alpha value is -3.28. The highest BCUT2D eigenvalue weighted by atomic mass is 79.9. The third-order valence-electron chi connectivity index (χ3n) is 5.54. The average molecular weight is 706 g/mol. The molecule has 194 valence electrons. The van der Waals surface area contributed by atoms with Crippen molar-refractivity contribution in [2.45, 2.75) is 13.8 Å². The Labute approximate surface area is 243 Å². The predicted octanol–water partition coefficient (Wildman–Crippen LogP) is 6.27. The molecule has 11 heteroatoms. The molecule has 3 aromatic rings. The van der Waals surface area contributed by atoms with Gasteiger partial charge in [0.2, 0.25) is 0 Å². The first-order valence-corrected chi connectivity index (χ1v) is 13.6. The molecule has 1 heterocycles. The van der Waals surface area contributed by atoms with Gasteiger partial charge >= 0.3 is 6.03 Å². The molecule has 1 fully saturated rings. The number of nitrogens with zero attached hydrogens (tertiary/aromatic N) is 1. The molecule has 8 nitrogen and oxygen atoms in total. The Kier molecular flexibility index (Phi) is 8.49. The molecule has 1 aliphatic rings. The van der Waals surface area contributed by atoms with Gasteiger partial charge in [-0.25, -0.2) is 9.69 Å². The van der Waals surface area contributed by atoms with Gasteiger partial charge in [-0.2, -0.15) is 0 Å². The van der Waals surface area contributed by atoms with Crippen LogP contribution in [0.3, 0.4) is 0 Å². The number of hydrogen-bond acceptors (Lipinski definition) is 5. The Balaban J connectivity index is 1.62. The van der Waals surface area contributed by atoms with E-state index >= 15 is 0 Å². The first kappa shape index (κ1) is 27.7. The topological polar surface area (TPSA) is 105 Å². The van der Waals surface area contributed by atoms with Crippen molar-refractivity contribution >= 4 is 89.0 Å². The van der Waals surface area contributed by atoms with Crippen molar-refractivity contribution in [2.75, 3.05) is 16.8 Å². The van der Waals surface area contributed by atoms with Crippen LogP contribution in [0.4, 0.5) is 16.2 Å². The lowest BCUT2D eigenvalue weighted by Gasteiger charge is -2.26. The van der Waals surface area contributed by atoms with E-state index in [4.69, 9.17) is 4.74 Å². The number of amides is 5. The highest BCUT2D eigenvalue weighted by Gasteiger charge is 2.37. The molecule has 1 aliphatic heterocycles. The number of carbonyl (C=O) groups is 4. The lowest BCUT2D eigenvalue weighted by atomic mass is 10.1. The summed E-state index contributed by atoms with van der Waals surface area (Å²) < 4.78 is 7.72. The number of benzene rings is 3. The van der Waals surface area contributed by atoms with E-state index in [0.29, 0.717) is 25.9 Å². The molecule has 0 aromatic heterocycles. The smallest absolute Gasteiger partial charge is 0.335 e. The second-order valence-corrected chi connectivity index (χ2v) is 11.1. The van der Waals surface area contributed by atoms with Crippen LogP contribution >= 0.6 is 47.8 Å². The molecule has 3 aromatic carbocycles. The zero-order chi connectivity index (χ0) is 27.6. The summed E-state index contributed by atoms with van der Waals surface area (Å²) in [6.07, 6.45) is 1.32. The molecule has 0 spiro atoms. The number of barbiturate groups is 1. The maximum absolute atomic E-state index is 13.3. The summed E-state index contributed by atoms with van der Waals surface area (Å²) in [6, 6.07) is 14.7. The Morgan fingerprint density at radius 1 is 0.974 bits per heavy atom. The van der Waals surface area contributed by atoms with Crippen LogP contribution in [0.1, 0.15) is 16.7 Å². The Morgan fingerprint density at radius 3 is 2.39 bits per heavy atom. The molecule has 4 rings (SSSR count). The number of rotatable bonds is 6. The summed E-state index contributed by atoms with van der Waals surface area (Å²) in [6.45, 7) is 3.49. The molecule has 0 bridgehead atoms. The molecule has 38 heavy (non-hydrogen) atoms. The minimum absolute atomic E-state index is 0.240. The minimum Gasteiger partial charge on any atom is -0.482 e. The maximum atomic E-state index is 13.3. The van der Waals surface area contributed by atoms with Crippen LogP contribution in [0.15, 0.2) is 73.6 Å². The van der Waals surface area contributed by atoms with E-state index < -0.39 is 17.8 Å². The number of halogens is 3. The van der Waals surface area contributed by atoms with Crippen molar-refractivity contribution < 1.29 is 23.9 Å². The monoisotopic (exact) mass is 703 g/mol. The predicted molar refractivity (Wildman–Crippen MR) is 155 cm³/mol. The molecule has 5 amide bonds. The number of carbonyl (C=O) groups excluding carboxylic acids is 4. The third-order valence-corrected chi connectivity index (χ3v) is 7.11. The van der Waals surface area contributed by atoms with Crippen molar-refractivity contribution in [3.63, 3.8) is 0 Å². The zero-order valence-electron chi connectivity index (χ0n) is 20.1. The third kappa shape index (κ3) is 6.23. The van der Waals surface area contributed by atoms with Gasteiger partial charge in [0, 0.05) is 20.2 Å².